The van der Waals surface area contributed by atoms with E-state index in [2.05, 4.69) is 31.0 Å². The summed E-state index contributed by atoms with van der Waals surface area (Å²) in [6.07, 6.45) is 8.71. The highest BCUT2D eigenvalue weighted by Gasteiger charge is 2.49. The Morgan fingerprint density at radius 1 is 1.30 bits per heavy atom. The summed E-state index contributed by atoms with van der Waals surface area (Å²) in [6.45, 7) is 2.81. The maximum atomic E-state index is 12.0. The molecule has 1 heterocycles. The molecule has 1 saturated heterocycles. The normalized spacial score (nSPS) is 25.5. The minimum absolute atomic E-state index is 0.00361. The number of ether oxygens (including phenoxy) is 2. The van der Waals surface area contributed by atoms with Crippen molar-refractivity contribution in [3.05, 3.63) is 23.8 Å². The topological polar surface area (TPSA) is 59.1 Å². The molecular formula is C24H32N2O4. The summed E-state index contributed by atoms with van der Waals surface area (Å²) in [4.78, 5) is 27.7. The molecule has 4 rings (SSSR count). The molecule has 0 bridgehead atoms. The summed E-state index contributed by atoms with van der Waals surface area (Å²) in [5, 5.41) is 0. The maximum Gasteiger partial charge on any atom is 0.410 e. The van der Waals surface area contributed by atoms with Crippen molar-refractivity contribution in [2.45, 2.75) is 57.2 Å². The van der Waals surface area contributed by atoms with Crippen molar-refractivity contribution in [3.8, 4) is 23.5 Å². The van der Waals surface area contributed by atoms with Crippen LogP contribution >= 0.6 is 0 Å². The molecule has 0 N–H and O–H groups in total. The molecule has 6 heteroatoms. The van der Waals surface area contributed by atoms with E-state index in [9.17, 15) is 9.59 Å². The fourth-order valence-electron chi connectivity index (χ4n) is 4.65. The second-order valence-electron chi connectivity index (χ2n) is 8.57. The smallest absolute Gasteiger partial charge is 0.410 e. The number of esters is 1. The zero-order chi connectivity index (χ0) is 21.8. The molecule has 30 heavy (non-hydrogen) atoms. The first kappa shape index (κ1) is 22.2. The quantitative estimate of drug-likeness (QED) is 0.569. The Hall–Kier alpha value is -2.52. The molecule has 162 valence electrons. The van der Waals surface area contributed by atoms with Gasteiger partial charge in [0.1, 0.15) is 6.10 Å². The van der Waals surface area contributed by atoms with Gasteiger partial charge in [-0.3, -0.25) is 9.69 Å². The second-order valence-corrected chi connectivity index (χ2v) is 8.57. The van der Waals surface area contributed by atoms with E-state index in [-0.39, 0.29) is 36.2 Å². The predicted molar refractivity (Wildman–Crippen MR) is 116 cm³/mol. The molecule has 0 radical (unpaired) electrons. The summed E-state index contributed by atoms with van der Waals surface area (Å²) < 4.78 is 10.6. The van der Waals surface area contributed by atoms with Crippen molar-refractivity contribution in [3.63, 3.8) is 0 Å². The largest absolute Gasteiger partial charge is 0.462 e. The molecule has 4 aliphatic rings. The van der Waals surface area contributed by atoms with Crippen LogP contribution in [0.1, 0.15) is 37.7 Å². The number of likely N-dealkylation sites (tertiary alicyclic amines) is 1. The highest BCUT2D eigenvalue weighted by Crippen LogP contribution is 2.41. The lowest BCUT2D eigenvalue weighted by Crippen LogP contribution is -2.46. The van der Waals surface area contributed by atoms with Crippen LogP contribution in [-0.4, -0.2) is 67.8 Å². The van der Waals surface area contributed by atoms with Crippen molar-refractivity contribution in [1.82, 2.24) is 9.80 Å². The molecule has 1 amide bonds. The van der Waals surface area contributed by atoms with Crippen molar-refractivity contribution in [2.75, 3.05) is 27.7 Å². The first-order valence-electron chi connectivity index (χ1n) is 10.6. The molecule has 3 aliphatic carbocycles. The molecule has 2 fully saturated rings. The van der Waals surface area contributed by atoms with E-state index in [1.807, 2.05) is 19.0 Å². The van der Waals surface area contributed by atoms with Crippen LogP contribution in [0, 0.1) is 25.2 Å². The van der Waals surface area contributed by atoms with Gasteiger partial charge in [0.2, 0.25) is 0 Å². The van der Waals surface area contributed by atoms with Gasteiger partial charge >= 0.3 is 12.1 Å². The molecular weight excluding hydrogens is 380 g/mol. The molecule has 0 spiro atoms. The number of amides is 1. The number of nitrogens with zero attached hydrogens (tertiary/aromatic N) is 2. The Morgan fingerprint density at radius 3 is 2.53 bits per heavy atom. The average Bonchev–Trinajstić information content (AvgIpc) is 3.10. The first-order chi connectivity index (χ1) is 14.3. The van der Waals surface area contributed by atoms with Crippen LogP contribution in [0.25, 0.3) is 11.1 Å². The molecule has 1 aliphatic heterocycles. The third kappa shape index (κ3) is 4.62. The van der Waals surface area contributed by atoms with Crippen molar-refractivity contribution in [1.29, 1.82) is 0 Å². The maximum absolute atomic E-state index is 12.0. The fraction of sp³-hybridized carbons (Fsp3) is 0.583. The highest BCUT2D eigenvalue weighted by molar-refractivity contribution is 5.80. The summed E-state index contributed by atoms with van der Waals surface area (Å²) in [5.74, 6) is 2.60. The van der Waals surface area contributed by atoms with Gasteiger partial charge in [-0.1, -0.05) is 24.1 Å². The highest BCUT2D eigenvalue weighted by atomic mass is 16.5. The number of hydrogen-bond acceptors (Lipinski definition) is 5. The van der Waals surface area contributed by atoms with E-state index < -0.39 is 0 Å². The van der Waals surface area contributed by atoms with Crippen LogP contribution in [0.15, 0.2) is 18.2 Å². The first-order valence-corrected chi connectivity index (χ1v) is 10.6. The Kier molecular flexibility index (Phi) is 7.04. The monoisotopic (exact) mass is 412 g/mol. The Morgan fingerprint density at radius 2 is 2.07 bits per heavy atom. The van der Waals surface area contributed by atoms with Crippen LogP contribution in [-0.2, 0) is 14.3 Å². The van der Waals surface area contributed by atoms with Crippen LogP contribution in [0.3, 0.4) is 0 Å². The van der Waals surface area contributed by atoms with Crippen LogP contribution in [0.5, 0.6) is 0 Å². The summed E-state index contributed by atoms with van der Waals surface area (Å²) >= 11 is 0. The van der Waals surface area contributed by atoms with E-state index >= 15 is 0 Å². The lowest BCUT2D eigenvalue weighted by Gasteiger charge is -2.36. The number of carbonyl (C=O) groups is 2. The number of terminal acetylenes is 1. The Bertz CT molecular complexity index is 829. The number of methoxy groups -OCH3 is 1. The number of benzene rings is 1. The molecule has 1 unspecified atom stereocenters. The fourth-order valence-corrected chi connectivity index (χ4v) is 4.65. The van der Waals surface area contributed by atoms with Gasteiger partial charge in [-0.15, -0.1) is 6.42 Å². The van der Waals surface area contributed by atoms with Gasteiger partial charge in [-0.25, -0.2) is 4.79 Å². The lowest BCUT2D eigenvalue weighted by atomic mass is 9.82. The minimum atomic E-state index is -0.389. The number of carbonyl (C=O) groups excluding carboxylic acids is 2. The zero-order valence-corrected chi connectivity index (χ0v) is 18.4. The third-order valence-electron chi connectivity index (χ3n) is 6.31. The Balaban J connectivity index is 0.000000302. The van der Waals surface area contributed by atoms with Crippen LogP contribution < -0.4 is 0 Å². The summed E-state index contributed by atoms with van der Waals surface area (Å²) in [6, 6.07) is 6.23. The molecule has 1 saturated carbocycles. The van der Waals surface area contributed by atoms with E-state index in [1.54, 1.807) is 4.90 Å². The van der Waals surface area contributed by atoms with Gasteiger partial charge in [0.25, 0.3) is 0 Å². The van der Waals surface area contributed by atoms with Crippen molar-refractivity contribution >= 4 is 12.1 Å². The van der Waals surface area contributed by atoms with Gasteiger partial charge < -0.3 is 14.4 Å². The number of fused-ring (bicyclic) bond motifs is 2. The standard InChI is InChI=1S/C17H26N2O4.C7H6/c1-5-12-11-13-14(19(12)17(21)22-4)7-6-8-15(13)23-16(20)9-10-18(2)3;1-5-4-6-2-3-7(5)6/h1,12-15H,6-11H2,2-4H3;2-4H,1H3/t12?,13-,14-,15+;/m1./s1. The van der Waals surface area contributed by atoms with Gasteiger partial charge in [0, 0.05) is 18.5 Å². The molecule has 4 atom stereocenters. The van der Waals surface area contributed by atoms with Gasteiger partial charge in [-0.2, -0.15) is 0 Å². The van der Waals surface area contributed by atoms with E-state index in [0.717, 1.165) is 19.3 Å². The van der Waals surface area contributed by atoms with Crippen LogP contribution in [0.4, 0.5) is 4.79 Å². The molecule has 0 aromatic heterocycles. The van der Waals surface area contributed by atoms with Gasteiger partial charge in [-0.05, 0) is 63.4 Å². The number of hydrogen-bond donors (Lipinski definition) is 0. The van der Waals surface area contributed by atoms with Gasteiger partial charge in [0.05, 0.1) is 19.6 Å². The van der Waals surface area contributed by atoms with Crippen molar-refractivity contribution in [2.24, 2.45) is 5.92 Å². The predicted octanol–water partition coefficient (Wildman–Crippen LogP) is 3.47. The molecule has 6 nitrogen and oxygen atoms in total. The van der Waals surface area contributed by atoms with E-state index in [0.29, 0.717) is 19.4 Å². The van der Waals surface area contributed by atoms with Gasteiger partial charge in [0.15, 0.2) is 0 Å². The number of rotatable bonds is 4. The minimum Gasteiger partial charge on any atom is -0.462 e. The van der Waals surface area contributed by atoms with E-state index in [4.69, 9.17) is 15.9 Å². The lowest BCUT2D eigenvalue weighted by molar-refractivity contribution is -0.154. The SMILES string of the molecule is C#CC1C[C@H]2[C@@H](OC(=O)CCN(C)C)CCC[C@H]2N1C(=O)OC.Cc1cc2ccc1-2. The third-order valence-corrected chi connectivity index (χ3v) is 6.31. The number of aryl methyl sites for hydroxylation is 1. The zero-order valence-electron chi connectivity index (χ0n) is 18.4. The molecule has 0 aromatic carbocycles. The average molecular weight is 413 g/mol. The van der Waals surface area contributed by atoms with E-state index in [1.165, 1.54) is 23.8 Å². The second kappa shape index (κ2) is 9.53. The Labute approximate surface area is 179 Å². The van der Waals surface area contributed by atoms with Crippen molar-refractivity contribution < 1.29 is 19.1 Å². The van der Waals surface area contributed by atoms with Crippen LogP contribution in [0.2, 0.25) is 0 Å². The molecule has 0 aromatic rings. The summed E-state index contributed by atoms with van der Waals surface area (Å²) in [7, 11) is 5.21. The summed E-state index contributed by atoms with van der Waals surface area (Å²) in [5.41, 5.74) is 4.36.